The second kappa shape index (κ2) is 4.21. The number of aliphatic carboxylic acids is 1. The minimum absolute atomic E-state index is 0.114. The summed E-state index contributed by atoms with van der Waals surface area (Å²) in [5, 5.41) is 15.3. The van der Waals surface area contributed by atoms with E-state index < -0.39 is 30.1 Å². The van der Waals surface area contributed by atoms with Crippen LogP contribution in [-0.2, 0) is 23.7 Å². The Balaban J connectivity index is 2.37. The normalized spacial score (nSPS) is 19.9. The Morgan fingerprint density at radius 1 is 1.44 bits per heavy atom. The molecule has 0 aliphatic carbocycles. The SMILES string of the molecule is O=C(O)C1CCc2nnc(C(F)(F)C(F)F)n2C1. The number of hydrogen-bond donors (Lipinski definition) is 1. The average molecular weight is 267 g/mol. The van der Waals surface area contributed by atoms with E-state index in [1.165, 1.54) is 0 Å². The molecule has 2 heterocycles. The second-order valence-corrected chi connectivity index (χ2v) is 4.05. The number of carbonyl (C=O) groups is 1. The molecule has 0 bridgehead atoms. The molecule has 0 aromatic carbocycles. The van der Waals surface area contributed by atoms with E-state index in [1.54, 1.807) is 0 Å². The van der Waals surface area contributed by atoms with Crippen LogP contribution >= 0.6 is 0 Å². The number of carboxylic acids is 1. The fourth-order valence-corrected chi connectivity index (χ4v) is 1.87. The Labute approximate surface area is 98.4 Å². The first-order valence-electron chi connectivity index (χ1n) is 5.15. The minimum atomic E-state index is -4.42. The zero-order valence-electron chi connectivity index (χ0n) is 8.98. The van der Waals surface area contributed by atoms with Gasteiger partial charge in [-0.3, -0.25) is 4.79 Å². The van der Waals surface area contributed by atoms with Gasteiger partial charge in [0.05, 0.1) is 5.92 Å². The summed E-state index contributed by atoms with van der Waals surface area (Å²) in [5.74, 6) is -7.52. The third-order valence-electron chi connectivity index (χ3n) is 2.87. The Hall–Kier alpha value is -1.67. The Morgan fingerprint density at radius 3 is 2.67 bits per heavy atom. The molecule has 1 unspecified atom stereocenters. The van der Waals surface area contributed by atoms with Gasteiger partial charge < -0.3 is 9.67 Å². The highest BCUT2D eigenvalue weighted by Gasteiger charge is 2.48. The summed E-state index contributed by atoms with van der Waals surface area (Å²) >= 11 is 0. The predicted molar refractivity (Wildman–Crippen MR) is 49.4 cm³/mol. The molecule has 1 N–H and O–H groups in total. The number of carboxylic acid groups (broad SMARTS) is 1. The molecule has 5 nitrogen and oxygen atoms in total. The first-order valence-corrected chi connectivity index (χ1v) is 5.15. The van der Waals surface area contributed by atoms with E-state index in [2.05, 4.69) is 10.2 Å². The summed E-state index contributed by atoms with van der Waals surface area (Å²) in [4.78, 5) is 10.8. The summed E-state index contributed by atoms with van der Waals surface area (Å²) in [6.07, 6.45) is -3.55. The number of aryl methyl sites for hydroxylation is 1. The van der Waals surface area contributed by atoms with Gasteiger partial charge in [0, 0.05) is 13.0 Å². The molecule has 1 aliphatic rings. The van der Waals surface area contributed by atoms with E-state index in [1.807, 2.05) is 0 Å². The number of rotatable bonds is 3. The van der Waals surface area contributed by atoms with Gasteiger partial charge in [0.1, 0.15) is 5.82 Å². The van der Waals surface area contributed by atoms with Crippen molar-refractivity contribution in [1.29, 1.82) is 0 Å². The van der Waals surface area contributed by atoms with Gasteiger partial charge in [0.2, 0.25) is 5.82 Å². The van der Waals surface area contributed by atoms with Crippen LogP contribution in [0.3, 0.4) is 0 Å². The number of hydrogen-bond acceptors (Lipinski definition) is 3. The lowest BCUT2D eigenvalue weighted by molar-refractivity contribution is -0.146. The van der Waals surface area contributed by atoms with Crippen molar-refractivity contribution in [2.75, 3.05) is 0 Å². The maximum absolute atomic E-state index is 13.2. The molecule has 1 atom stereocenters. The van der Waals surface area contributed by atoms with Crippen LogP contribution < -0.4 is 0 Å². The van der Waals surface area contributed by atoms with E-state index in [-0.39, 0.29) is 25.2 Å². The maximum atomic E-state index is 13.2. The van der Waals surface area contributed by atoms with Gasteiger partial charge in [-0.05, 0) is 6.42 Å². The molecule has 0 radical (unpaired) electrons. The van der Waals surface area contributed by atoms with Crippen LogP contribution in [0.1, 0.15) is 18.1 Å². The monoisotopic (exact) mass is 267 g/mol. The lowest BCUT2D eigenvalue weighted by Crippen LogP contribution is -2.33. The van der Waals surface area contributed by atoms with E-state index in [0.717, 1.165) is 4.57 Å². The number of nitrogens with zero attached hydrogens (tertiary/aromatic N) is 3. The van der Waals surface area contributed by atoms with Crippen molar-refractivity contribution < 1.29 is 27.5 Å². The van der Waals surface area contributed by atoms with E-state index in [0.29, 0.717) is 0 Å². The van der Waals surface area contributed by atoms with Gasteiger partial charge in [-0.1, -0.05) is 0 Å². The molecule has 18 heavy (non-hydrogen) atoms. The maximum Gasteiger partial charge on any atom is 0.365 e. The topological polar surface area (TPSA) is 68.0 Å². The molecule has 9 heteroatoms. The molecule has 0 fully saturated rings. The molecule has 0 amide bonds. The molecule has 100 valence electrons. The molecular weight excluding hydrogens is 258 g/mol. The van der Waals surface area contributed by atoms with Crippen molar-refractivity contribution in [1.82, 2.24) is 14.8 Å². The van der Waals surface area contributed by atoms with E-state index in [4.69, 9.17) is 5.11 Å². The Bertz CT molecular complexity index is 474. The first-order chi connectivity index (χ1) is 8.34. The lowest BCUT2D eigenvalue weighted by atomic mass is 9.99. The van der Waals surface area contributed by atoms with Crippen LogP contribution in [0.2, 0.25) is 0 Å². The predicted octanol–water partition coefficient (Wildman–Crippen LogP) is 1.28. The van der Waals surface area contributed by atoms with Crippen LogP contribution in [0.5, 0.6) is 0 Å². The van der Waals surface area contributed by atoms with Crippen molar-refractivity contribution >= 4 is 5.97 Å². The highest BCUT2D eigenvalue weighted by atomic mass is 19.3. The van der Waals surface area contributed by atoms with Crippen LogP contribution in [0.15, 0.2) is 0 Å². The van der Waals surface area contributed by atoms with Gasteiger partial charge in [0.25, 0.3) is 0 Å². The van der Waals surface area contributed by atoms with Crippen LogP contribution in [0, 0.1) is 5.92 Å². The zero-order valence-corrected chi connectivity index (χ0v) is 8.98. The third kappa shape index (κ3) is 1.93. The highest BCUT2D eigenvalue weighted by molar-refractivity contribution is 5.70. The van der Waals surface area contributed by atoms with E-state index >= 15 is 0 Å². The largest absolute Gasteiger partial charge is 0.481 e. The van der Waals surface area contributed by atoms with Gasteiger partial charge in [0.15, 0.2) is 0 Å². The Kier molecular flexibility index (Phi) is 2.99. The standard InChI is InChI=1S/C9H9F4N3O2/c10-7(11)9(12,13)8-15-14-5-2-1-4(6(17)18)3-16(5)8/h4,7H,1-3H2,(H,17,18). The van der Waals surface area contributed by atoms with Gasteiger partial charge in [-0.2, -0.15) is 8.78 Å². The fourth-order valence-electron chi connectivity index (χ4n) is 1.87. The Morgan fingerprint density at radius 2 is 2.11 bits per heavy atom. The number of halogens is 4. The molecule has 1 aromatic rings. The first kappa shape index (κ1) is 12.8. The smallest absolute Gasteiger partial charge is 0.365 e. The third-order valence-corrected chi connectivity index (χ3v) is 2.87. The number of aromatic nitrogens is 3. The molecular formula is C9H9F4N3O2. The summed E-state index contributed by atoms with van der Waals surface area (Å²) in [5.41, 5.74) is 0. The van der Waals surface area contributed by atoms with E-state index in [9.17, 15) is 22.4 Å². The molecule has 2 rings (SSSR count). The zero-order chi connectivity index (χ0) is 13.5. The van der Waals surface area contributed by atoms with Crippen molar-refractivity contribution in [3.63, 3.8) is 0 Å². The van der Waals surface area contributed by atoms with Crippen LogP contribution in [-0.4, -0.2) is 32.3 Å². The quantitative estimate of drug-likeness (QED) is 0.838. The highest BCUT2D eigenvalue weighted by Crippen LogP contribution is 2.35. The number of alkyl halides is 4. The van der Waals surface area contributed by atoms with Gasteiger partial charge in [-0.15, -0.1) is 10.2 Å². The van der Waals surface area contributed by atoms with Crippen molar-refractivity contribution in [3.05, 3.63) is 11.6 Å². The summed E-state index contributed by atoms with van der Waals surface area (Å²) in [6, 6.07) is 0. The second-order valence-electron chi connectivity index (χ2n) is 4.05. The fraction of sp³-hybridized carbons (Fsp3) is 0.667. The van der Waals surface area contributed by atoms with Gasteiger partial charge >= 0.3 is 18.3 Å². The minimum Gasteiger partial charge on any atom is -0.481 e. The van der Waals surface area contributed by atoms with Crippen molar-refractivity contribution in [3.8, 4) is 0 Å². The molecule has 0 spiro atoms. The van der Waals surface area contributed by atoms with Crippen molar-refractivity contribution in [2.45, 2.75) is 31.7 Å². The summed E-state index contributed by atoms with van der Waals surface area (Å²) in [6.45, 7) is -0.310. The molecule has 0 saturated heterocycles. The van der Waals surface area contributed by atoms with Gasteiger partial charge in [-0.25, -0.2) is 8.78 Å². The van der Waals surface area contributed by atoms with Crippen LogP contribution in [0.25, 0.3) is 0 Å². The summed E-state index contributed by atoms with van der Waals surface area (Å²) < 4.78 is 51.7. The summed E-state index contributed by atoms with van der Waals surface area (Å²) in [7, 11) is 0. The molecule has 1 aliphatic heterocycles. The average Bonchev–Trinajstić information content (AvgIpc) is 2.71. The molecule has 0 saturated carbocycles. The van der Waals surface area contributed by atoms with Crippen molar-refractivity contribution in [2.24, 2.45) is 5.92 Å². The van der Waals surface area contributed by atoms with Crippen LogP contribution in [0.4, 0.5) is 17.6 Å². The number of fused-ring (bicyclic) bond motifs is 1. The lowest BCUT2D eigenvalue weighted by Gasteiger charge is -2.23. The molecule has 1 aromatic heterocycles.